The molecule has 0 saturated carbocycles. The van der Waals surface area contributed by atoms with Crippen LogP contribution in [-0.2, 0) is 4.79 Å². The van der Waals surface area contributed by atoms with Gasteiger partial charge in [-0.25, -0.2) is 0 Å². The maximum atomic E-state index is 11.8. The van der Waals surface area contributed by atoms with Crippen LogP contribution in [0.5, 0.6) is 0 Å². The number of benzene rings is 1. The van der Waals surface area contributed by atoms with Crippen LogP contribution in [0, 0.1) is 6.92 Å². The Kier molecular flexibility index (Phi) is 5.14. The second-order valence-corrected chi connectivity index (χ2v) is 5.58. The van der Waals surface area contributed by atoms with Gasteiger partial charge in [-0.2, -0.15) is 0 Å². The lowest BCUT2D eigenvalue weighted by Crippen LogP contribution is -2.40. The van der Waals surface area contributed by atoms with E-state index in [9.17, 15) is 9.59 Å². The van der Waals surface area contributed by atoms with Gasteiger partial charge in [-0.1, -0.05) is 23.7 Å². The van der Waals surface area contributed by atoms with Crippen molar-refractivity contribution in [2.75, 3.05) is 0 Å². The molecule has 1 aromatic carbocycles. The second kappa shape index (κ2) is 7.06. The van der Waals surface area contributed by atoms with Crippen LogP contribution >= 0.6 is 22.9 Å². The largest absolute Gasteiger partial charge is 0.271 e. The summed E-state index contributed by atoms with van der Waals surface area (Å²) in [5, 5.41) is 2.28. The molecular formula is C15H13ClN2O2S. The van der Waals surface area contributed by atoms with Gasteiger partial charge < -0.3 is 0 Å². The Hall–Kier alpha value is -2.11. The Balaban J connectivity index is 1.90. The van der Waals surface area contributed by atoms with E-state index in [1.165, 1.54) is 6.08 Å². The lowest BCUT2D eigenvalue weighted by molar-refractivity contribution is -0.117. The number of amides is 2. The van der Waals surface area contributed by atoms with Crippen molar-refractivity contribution in [2.45, 2.75) is 6.92 Å². The predicted molar refractivity (Wildman–Crippen MR) is 85.2 cm³/mol. The number of hydrogen-bond acceptors (Lipinski definition) is 3. The van der Waals surface area contributed by atoms with Crippen molar-refractivity contribution in [3.8, 4) is 0 Å². The molecule has 21 heavy (non-hydrogen) atoms. The van der Waals surface area contributed by atoms with Gasteiger partial charge in [0.25, 0.3) is 11.8 Å². The Morgan fingerprint density at radius 2 is 1.95 bits per heavy atom. The van der Waals surface area contributed by atoms with Crippen molar-refractivity contribution in [2.24, 2.45) is 0 Å². The summed E-state index contributed by atoms with van der Waals surface area (Å²) in [7, 11) is 0. The molecule has 0 aliphatic rings. The molecule has 0 aliphatic heterocycles. The van der Waals surface area contributed by atoms with Gasteiger partial charge in [-0.15, -0.1) is 11.3 Å². The number of carbonyl (C=O) groups excluding carboxylic acids is 2. The van der Waals surface area contributed by atoms with Crippen LogP contribution in [0.15, 0.2) is 41.8 Å². The second-order valence-electron chi connectivity index (χ2n) is 4.22. The number of thiophene rings is 1. The average Bonchev–Trinajstić information content (AvgIpc) is 2.88. The van der Waals surface area contributed by atoms with E-state index < -0.39 is 11.8 Å². The highest BCUT2D eigenvalue weighted by Gasteiger charge is 2.09. The molecule has 0 fully saturated rings. The third kappa shape index (κ3) is 4.18. The van der Waals surface area contributed by atoms with E-state index in [0.717, 1.165) is 10.4 Å². The standard InChI is InChI=1S/C15H13ClN2O2S/c1-10-8-9-21-13(10)6-7-14(19)17-18-15(20)11-4-2-3-5-12(11)16/h2-9H,1H3,(H,17,19)(H,18,20)/b7-6+. The molecule has 2 N–H and O–H groups in total. The topological polar surface area (TPSA) is 58.2 Å². The normalized spacial score (nSPS) is 10.6. The van der Waals surface area contributed by atoms with E-state index in [2.05, 4.69) is 10.9 Å². The van der Waals surface area contributed by atoms with Crippen LogP contribution < -0.4 is 10.9 Å². The first-order valence-electron chi connectivity index (χ1n) is 6.15. The minimum Gasteiger partial charge on any atom is -0.268 e. The van der Waals surface area contributed by atoms with Gasteiger partial charge in [0, 0.05) is 11.0 Å². The van der Waals surface area contributed by atoms with Crippen molar-refractivity contribution in [1.29, 1.82) is 0 Å². The highest BCUT2D eigenvalue weighted by Crippen LogP contribution is 2.17. The van der Waals surface area contributed by atoms with Crippen molar-refractivity contribution in [3.63, 3.8) is 0 Å². The highest BCUT2D eigenvalue weighted by molar-refractivity contribution is 7.11. The first-order valence-corrected chi connectivity index (χ1v) is 7.40. The molecule has 2 rings (SSSR count). The van der Waals surface area contributed by atoms with Crippen molar-refractivity contribution in [3.05, 3.63) is 62.8 Å². The fourth-order valence-electron chi connectivity index (χ4n) is 1.58. The Bertz CT molecular complexity index is 694. The molecular weight excluding hydrogens is 308 g/mol. The highest BCUT2D eigenvalue weighted by atomic mass is 35.5. The predicted octanol–water partition coefficient (Wildman–Crippen LogP) is 3.18. The lowest BCUT2D eigenvalue weighted by Gasteiger charge is -2.06. The van der Waals surface area contributed by atoms with E-state index in [0.29, 0.717) is 10.6 Å². The fraction of sp³-hybridized carbons (Fsp3) is 0.0667. The molecule has 1 heterocycles. The maximum Gasteiger partial charge on any atom is 0.271 e. The van der Waals surface area contributed by atoms with Crippen LogP contribution in [0.1, 0.15) is 20.8 Å². The number of carbonyl (C=O) groups is 2. The van der Waals surface area contributed by atoms with Gasteiger partial charge in [0.1, 0.15) is 0 Å². The SMILES string of the molecule is Cc1ccsc1/C=C/C(=O)NNC(=O)c1ccccc1Cl. The molecule has 108 valence electrons. The Morgan fingerprint density at radius 1 is 1.19 bits per heavy atom. The number of hydrogen-bond donors (Lipinski definition) is 2. The van der Waals surface area contributed by atoms with E-state index in [-0.39, 0.29) is 0 Å². The van der Waals surface area contributed by atoms with Crippen LogP contribution in [-0.4, -0.2) is 11.8 Å². The zero-order chi connectivity index (χ0) is 15.2. The lowest BCUT2D eigenvalue weighted by atomic mass is 10.2. The van der Waals surface area contributed by atoms with E-state index in [1.54, 1.807) is 41.7 Å². The molecule has 0 aliphatic carbocycles. The first-order chi connectivity index (χ1) is 10.1. The summed E-state index contributed by atoms with van der Waals surface area (Å²) < 4.78 is 0. The smallest absolute Gasteiger partial charge is 0.268 e. The van der Waals surface area contributed by atoms with Gasteiger partial charge in [0.15, 0.2) is 0 Å². The summed E-state index contributed by atoms with van der Waals surface area (Å²) in [6.07, 6.45) is 3.07. The molecule has 2 amide bonds. The summed E-state index contributed by atoms with van der Waals surface area (Å²) in [4.78, 5) is 24.5. The summed E-state index contributed by atoms with van der Waals surface area (Å²) in [5.41, 5.74) is 6.03. The van der Waals surface area contributed by atoms with Gasteiger partial charge in [0.2, 0.25) is 0 Å². The van der Waals surface area contributed by atoms with Crippen molar-refractivity contribution >= 4 is 40.8 Å². The molecule has 0 radical (unpaired) electrons. The fourth-order valence-corrected chi connectivity index (χ4v) is 2.62. The molecule has 2 aromatic rings. The summed E-state index contributed by atoms with van der Waals surface area (Å²) in [6.45, 7) is 1.97. The molecule has 0 atom stereocenters. The summed E-state index contributed by atoms with van der Waals surface area (Å²) >= 11 is 7.44. The molecule has 0 bridgehead atoms. The van der Waals surface area contributed by atoms with Crippen LogP contribution in [0.3, 0.4) is 0 Å². The van der Waals surface area contributed by atoms with Crippen LogP contribution in [0.4, 0.5) is 0 Å². The van der Waals surface area contributed by atoms with Gasteiger partial charge >= 0.3 is 0 Å². The number of rotatable bonds is 3. The van der Waals surface area contributed by atoms with Gasteiger partial charge in [-0.05, 0) is 42.1 Å². The molecule has 6 heteroatoms. The monoisotopic (exact) mass is 320 g/mol. The number of hydrazine groups is 1. The molecule has 1 aromatic heterocycles. The van der Waals surface area contributed by atoms with Gasteiger partial charge in [0.05, 0.1) is 10.6 Å². The van der Waals surface area contributed by atoms with Gasteiger partial charge in [-0.3, -0.25) is 20.4 Å². The minimum atomic E-state index is -0.463. The molecule has 4 nitrogen and oxygen atoms in total. The zero-order valence-corrected chi connectivity index (χ0v) is 12.8. The zero-order valence-electron chi connectivity index (χ0n) is 11.2. The third-order valence-electron chi connectivity index (χ3n) is 2.71. The van der Waals surface area contributed by atoms with E-state index in [4.69, 9.17) is 11.6 Å². The summed E-state index contributed by atoms with van der Waals surface area (Å²) in [5.74, 6) is -0.877. The van der Waals surface area contributed by atoms with E-state index >= 15 is 0 Å². The number of halogens is 1. The van der Waals surface area contributed by atoms with Crippen molar-refractivity contribution < 1.29 is 9.59 Å². The maximum absolute atomic E-state index is 11.8. The summed E-state index contributed by atoms with van der Waals surface area (Å²) in [6, 6.07) is 8.58. The minimum absolute atomic E-state index is 0.303. The molecule has 0 unspecified atom stereocenters. The van der Waals surface area contributed by atoms with Crippen LogP contribution in [0.25, 0.3) is 6.08 Å². The number of aryl methyl sites for hydroxylation is 1. The van der Waals surface area contributed by atoms with Crippen LogP contribution in [0.2, 0.25) is 5.02 Å². The quantitative estimate of drug-likeness (QED) is 0.674. The average molecular weight is 321 g/mol. The Morgan fingerprint density at radius 3 is 2.62 bits per heavy atom. The first kappa shape index (κ1) is 15.3. The van der Waals surface area contributed by atoms with Crippen molar-refractivity contribution in [1.82, 2.24) is 10.9 Å². The molecule has 0 saturated heterocycles. The Labute approximate surface area is 131 Å². The molecule has 0 spiro atoms. The van der Waals surface area contributed by atoms with E-state index in [1.807, 2.05) is 18.4 Å². The third-order valence-corrected chi connectivity index (χ3v) is 4.02. The number of nitrogens with one attached hydrogen (secondary N) is 2.